The van der Waals surface area contributed by atoms with Crippen LogP contribution < -0.4 is 5.32 Å². The Hall–Kier alpha value is -3.07. The summed E-state index contributed by atoms with van der Waals surface area (Å²) in [6, 6.07) is 8.73. The number of benzene rings is 1. The number of hydrogen-bond acceptors (Lipinski definition) is 5. The van der Waals surface area contributed by atoms with E-state index in [0.717, 1.165) is 5.69 Å². The number of nitrogens with one attached hydrogen (secondary N) is 1. The van der Waals surface area contributed by atoms with Crippen LogP contribution in [-0.2, 0) is 9.59 Å². The highest BCUT2D eigenvalue weighted by molar-refractivity contribution is 8.00. The van der Waals surface area contributed by atoms with Gasteiger partial charge in [-0.1, -0.05) is 18.2 Å². The number of carboxylic acids is 1. The van der Waals surface area contributed by atoms with Crippen molar-refractivity contribution in [1.82, 2.24) is 20.0 Å². The predicted molar refractivity (Wildman–Crippen MR) is 108 cm³/mol. The first-order valence-corrected chi connectivity index (χ1v) is 10.2. The summed E-state index contributed by atoms with van der Waals surface area (Å²) >= 11 is 1.45. The fourth-order valence-electron chi connectivity index (χ4n) is 3.78. The summed E-state index contributed by atoms with van der Waals surface area (Å²) in [6.07, 6.45) is 0. The van der Waals surface area contributed by atoms with Crippen molar-refractivity contribution in [3.05, 3.63) is 58.6 Å². The smallest absolute Gasteiger partial charge is 0.352 e. The van der Waals surface area contributed by atoms with Gasteiger partial charge in [0.2, 0.25) is 0 Å². The fraction of sp³-hybridized carbons (Fsp3) is 0.300. The van der Waals surface area contributed by atoms with E-state index >= 15 is 0 Å². The summed E-state index contributed by atoms with van der Waals surface area (Å²) in [5, 5.41) is 16.3. The van der Waals surface area contributed by atoms with E-state index in [1.54, 1.807) is 25.5 Å². The molecule has 9 heteroatoms. The van der Waals surface area contributed by atoms with Crippen molar-refractivity contribution in [1.29, 1.82) is 0 Å². The number of hydrogen-bond donors (Lipinski definition) is 2. The van der Waals surface area contributed by atoms with E-state index in [0.29, 0.717) is 28.3 Å². The lowest BCUT2D eigenvalue weighted by molar-refractivity contribution is -0.148. The summed E-state index contributed by atoms with van der Waals surface area (Å²) < 4.78 is 1.70. The van der Waals surface area contributed by atoms with Crippen LogP contribution in [0.15, 0.2) is 41.6 Å². The molecule has 29 heavy (non-hydrogen) atoms. The normalized spacial score (nSPS) is 20.9. The standard InChI is InChI=1S/C20H20N4O4S/c1-10-9-29-19-15(18(26)23(19)16(10)20(27)28)21-17(25)14-11(2)22-24(12(14)3)13-7-5-4-6-8-13/h4-8,15,19H,9H2,1-3H3,(H,21,25)(H,27,28)/t15-,19+/m0/s1. The van der Waals surface area contributed by atoms with Crippen molar-refractivity contribution in [3.8, 4) is 5.69 Å². The van der Waals surface area contributed by atoms with Gasteiger partial charge in [-0.05, 0) is 38.5 Å². The number of aryl methyl sites for hydroxylation is 1. The largest absolute Gasteiger partial charge is 0.477 e. The van der Waals surface area contributed by atoms with Crippen LogP contribution in [0.1, 0.15) is 28.7 Å². The van der Waals surface area contributed by atoms with Crippen molar-refractivity contribution in [3.63, 3.8) is 0 Å². The van der Waals surface area contributed by atoms with E-state index in [4.69, 9.17) is 0 Å². The Morgan fingerprint density at radius 1 is 1.21 bits per heavy atom. The number of carbonyl (C=O) groups is 3. The first kappa shape index (κ1) is 19.3. The molecule has 0 bridgehead atoms. The molecule has 0 unspecified atom stereocenters. The van der Waals surface area contributed by atoms with E-state index < -0.39 is 23.3 Å². The van der Waals surface area contributed by atoms with E-state index in [1.165, 1.54) is 16.7 Å². The highest BCUT2D eigenvalue weighted by Gasteiger charge is 2.53. The van der Waals surface area contributed by atoms with Gasteiger partial charge in [-0.25, -0.2) is 9.48 Å². The Morgan fingerprint density at radius 2 is 1.90 bits per heavy atom. The minimum Gasteiger partial charge on any atom is -0.477 e. The Kier molecular flexibility index (Phi) is 4.70. The van der Waals surface area contributed by atoms with Crippen LogP contribution in [0.5, 0.6) is 0 Å². The maximum atomic E-state index is 13.0. The lowest BCUT2D eigenvalue weighted by atomic mass is 10.0. The second kappa shape index (κ2) is 7.07. The van der Waals surface area contributed by atoms with Gasteiger partial charge in [-0.3, -0.25) is 14.5 Å². The molecule has 0 spiro atoms. The maximum Gasteiger partial charge on any atom is 0.352 e. The molecule has 3 heterocycles. The van der Waals surface area contributed by atoms with Gasteiger partial charge in [0.05, 0.1) is 22.6 Å². The molecule has 8 nitrogen and oxygen atoms in total. The molecule has 1 aromatic carbocycles. The highest BCUT2D eigenvalue weighted by atomic mass is 32.2. The van der Waals surface area contributed by atoms with Crippen LogP contribution >= 0.6 is 11.8 Å². The van der Waals surface area contributed by atoms with Crippen molar-refractivity contribution >= 4 is 29.5 Å². The fourth-order valence-corrected chi connectivity index (χ4v) is 5.07. The monoisotopic (exact) mass is 412 g/mol. The third-order valence-electron chi connectivity index (χ3n) is 5.17. The average molecular weight is 412 g/mol. The van der Waals surface area contributed by atoms with Crippen molar-refractivity contribution in [2.75, 3.05) is 5.75 Å². The molecule has 0 saturated carbocycles. The number of thioether (sulfide) groups is 1. The molecule has 4 rings (SSSR count). The number of aromatic nitrogens is 2. The second-order valence-electron chi connectivity index (χ2n) is 7.09. The maximum absolute atomic E-state index is 13.0. The SMILES string of the molecule is CC1=C(C(=O)O)N2C(=O)[C@H](NC(=O)c3c(C)nn(-c4ccccc4)c3C)[C@H]2SC1. The molecule has 2 aliphatic rings. The lowest BCUT2D eigenvalue weighted by Gasteiger charge is -2.49. The minimum atomic E-state index is -1.12. The summed E-state index contributed by atoms with van der Waals surface area (Å²) in [7, 11) is 0. The summed E-state index contributed by atoms with van der Waals surface area (Å²) in [5.41, 5.74) is 3.17. The quantitative estimate of drug-likeness (QED) is 0.743. The van der Waals surface area contributed by atoms with Gasteiger partial charge in [0, 0.05) is 5.75 Å². The molecule has 1 saturated heterocycles. The molecular formula is C20H20N4O4S. The molecule has 150 valence electrons. The molecular weight excluding hydrogens is 392 g/mol. The van der Waals surface area contributed by atoms with Gasteiger partial charge in [0.15, 0.2) is 0 Å². The number of carbonyl (C=O) groups excluding carboxylic acids is 2. The van der Waals surface area contributed by atoms with E-state index in [9.17, 15) is 19.5 Å². The molecule has 2 atom stereocenters. The first-order valence-electron chi connectivity index (χ1n) is 9.11. The summed E-state index contributed by atoms with van der Waals surface area (Å²) in [5.74, 6) is -1.41. The van der Waals surface area contributed by atoms with Gasteiger partial charge in [0.1, 0.15) is 17.1 Å². The Morgan fingerprint density at radius 3 is 2.55 bits per heavy atom. The van der Waals surface area contributed by atoms with E-state index in [1.807, 2.05) is 30.3 Å². The molecule has 2 aromatic rings. The molecule has 2 aliphatic heterocycles. The van der Waals surface area contributed by atoms with Gasteiger partial charge >= 0.3 is 5.97 Å². The van der Waals surface area contributed by atoms with Crippen LogP contribution in [0, 0.1) is 13.8 Å². The number of β-lactam (4-membered cyclic amide) rings is 1. The molecule has 0 aliphatic carbocycles. The number of carboxylic acid groups (broad SMARTS) is 1. The van der Waals surface area contributed by atoms with Crippen LogP contribution in [0.2, 0.25) is 0 Å². The zero-order valence-electron chi connectivity index (χ0n) is 16.2. The van der Waals surface area contributed by atoms with Crippen molar-refractivity contribution in [2.24, 2.45) is 0 Å². The number of aliphatic carboxylic acids is 1. The second-order valence-corrected chi connectivity index (χ2v) is 8.19. The Bertz CT molecular complexity index is 1060. The number of amides is 2. The Labute approximate surface area is 171 Å². The van der Waals surface area contributed by atoms with Crippen LogP contribution in [0.4, 0.5) is 0 Å². The molecule has 0 radical (unpaired) electrons. The van der Waals surface area contributed by atoms with Crippen molar-refractivity contribution in [2.45, 2.75) is 32.2 Å². The van der Waals surface area contributed by atoms with Gasteiger partial charge < -0.3 is 10.4 Å². The van der Waals surface area contributed by atoms with Crippen LogP contribution in [0.3, 0.4) is 0 Å². The Balaban J connectivity index is 1.57. The summed E-state index contributed by atoms with van der Waals surface area (Å²) in [6.45, 7) is 5.26. The molecule has 1 aromatic heterocycles. The zero-order valence-corrected chi connectivity index (χ0v) is 17.0. The molecule has 2 amide bonds. The average Bonchev–Trinajstić information content (AvgIpc) is 3.00. The number of rotatable bonds is 4. The summed E-state index contributed by atoms with van der Waals surface area (Å²) in [4.78, 5) is 38.3. The predicted octanol–water partition coefficient (Wildman–Crippen LogP) is 1.86. The van der Waals surface area contributed by atoms with Gasteiger partial charge in [-0.2, -0.15) is 5.10 Å². The lowest BCUT2D eigenvalue weighted by Crippen LogP contribution is -2.70. The topological polar surface area (TPSA) is 105 Å². The number of fused-ring (bicyclic) bond motifs is 1. The number of nitrogens with zero attached hydrogens (tertiary/aromatic N) is 3. The van der Waals surface area contributed by atoms with Crippen LogP contribution in [0.25, 0.3) is 5.69 Å². The third kappa shape index (κ3) is 3.02. The highest BCUT2D eigenvalue weighted by Crippen LogP contribution is 2.40. The molecule has 2 N–H and O–H groups in total. The van der Waals surface area contributed by atoms with E-state index in [-0.39, 0.29) is 11.6 Å². The van der Waals surface area contributed by atoms with Crippen LogP contribution in [-0.4, -0.2) is 54.7 Å². The minimum absolute atomic E-state index is 0.0218. The zero-order chi connectivity index (χ0) is 20.9. The molecule has 1 fully saturated rings. The van der Waals surface area contributed by atoms with Crippen molar-refractivity contribution < 1.29 is 19.5 Å². The van der Waals surface area contributed by atoms with E-state index in [2.05, 4.69) is 10.4 Å². The third-order valence-corrected chi connectivity index (χ3v) is 6.59. The number of para-hydroxylation sites is 1. The van der Waals surface area contributed by atoms with Gasteiger partial charge in [-0.15, -0.1) is 11.8 Å². The first-order chi connectivity index (χ1) is 13.8. The van der Waals surface area contributed by atoms with Gasteiger partial charge in [0.25, 0.3) is 11.8 Å².